The van der Waals surface area contributed by atoms with Gasteiger partial charge in [0.2, 0.25) is 11.8 Å². The van der Waals surface area contributed by atoms with Crippen molar-refractivity contribution < 1.29 is 9.59 Å². The Labute approximate surface area is 182 Å². The first-order valence-electron chi connectivity index (χ1n) is 9.90. The van der Waals surface area contributed by atoms with Gasteiger partial charge in [0.15, 0.2) is 5.17 Å². The molecule has 0 aromatic heterocycles. The Balaban J connectivity index is 1.76. The third-order valence-electron chi connectivity index (χ3n) is 5.07. The highest BCUT2D eigenvalue weighted by atomic mass is 32.2. The van der Waals surface area contributed by atoms with Crippen molar-refractivity contribution in [3.05, 3.63) is 71.3 Å². The van der Waals surface area contributed by atoms with Gasteiger partial charge in [0, 0.05) is 18.7 Å². The highest BCUT2D eigenvalue weighted by molar-refractivity contribution is 8.15. The van der Waals surface area contributed by atoms with Crippen molar-refractivity contribution >= 4 is 40.1 Å². The summed E-state index contributed by atoms with van der Waals surface area (Å²) in [6.07, 6.45) is 1.77. The molecule has 0 radical (unpaired) electrons. The van der Waals surface area contributed by atoms with Gasteiger partial charge in [-0.25, -0.2) is 4.99 Å². The predicted molar refractivity (Wildman–Crippen MR) is 125 cm³/mol. The Morgan fingerprint density at radius 1 is 1.13 bits per heavy atom. The summed E-state index contributed by atoms with van der Waals surface area (Å²) in [6.45, 7) is 12.2. The minimum absolute atomic E-state index is 0.0937. The molecule has 3 rings (SSSR count). The van der Waals surface area contributed by atoms with E-state index >= 15 is 0 Å². The summed E-state index contributed by atoms with van der Waals surface area (Å²) in [5.41, 5.74) is 6.04. The maximum Gasteiger partial charge on any atom is 0.242 e. The number of anilines is 1. The van der Waals surface area contributed by atoms with Crippen LogP contribution in [0.25, 0.3) is 0 Å². The molecule has 30 heavy (non-hydrogen) atoms. The molecule has 1 saturated heterocycles. The second-order valence-electron chi connectivity index (χ2n) is 7.58. The third-order valence-corrected chi connectivity index (χ3v) is 6.25. The zero-order chi connectivity index (χ0) is 21.8. The standard InChI is InChI=1S/C24H27N3O2S/c1-6-11-27-23(29)21(14-22(28)26-20-10-7-15(2)12-18(20)5)30-24(27)25-19-9-8-16(3)17(4)13-19/h6-10,12-13,21H,1,11,14H2,2-5H3,(H,26,28)/t21-/m1/s1. The first-order chi connectivity index (χ1) is 14.3. The molecule has 1 atom stereocenters. The van der Waals surface area contributed by atoms with Gasteiger partial charge in [0.25, 0.3) is 0 Å². The van der Waals surface area contributed by atoms with Crippen molar-refractivity contribution in [2.45, 2.75) is 39.4 Å². The van der Waals surface area contributed by atoms with E-state index in [2.05, 4.69) is 23.8 Å². The zero-order valence-corrected chi connectivity index (χ0v) is 18.7. The molecule has 0 unspecified atom stereocenters. The van der Waals surface area contributed by atoms with Crippen LogP contribution in [-0.4, -0.2) is 33.7 Å². The van der Waals surface area contributed by atoms with Crippen LogP contribution in [0.5, 0.6) is 0 Å². The topological polar surface area (TPSA) is 61.8 Å². The van der Waals surface area contributed by atoms with Crippen LogP contribution in [0.2, 0.25) is 0 Å². The van der Waals surface area contributed by atoms with Crippen molar-refractivity contribution in [3.8, 4) is 0 Å². The third kappa shape index (κ3) is 5.00. The lowest BCUT2D eigenvalue weighted by atomic mass is 10.1. The maximum absolute atomic E-state index is 12.9. The second kappa shape index (κ2) is 9.30. The summed E-state index contributed by atoms with van der Waals surface area (Å²) >= 11 is 1.34. The number of aliphatic imine (C=N–C) groups is 1. The van der Waals surface area contributed by atoms with Gasteiger partial charge in [-0.15, -0.1) is 6.58 Å². The number of nitrogens with zero attached hydrogens (tertiary/aromatic N) is 2. The quantitative estimate of drug-likeness (QED) is 0.663. The Morgan fingerprint density at radius 3 is 2.57 bits per heavy atom. The molecule has 6 heteroatoms. The molecule has 1 aliphatic heterocycles. The van der Waals surface area contributed by atoms with Gasteiger partial charge in [0.1, 0.15) is 5.25 Å². The van der Waals surface area contributed by atoms with Gasteiger partial charge in [-0.05, 0) is 62.6 Å². The molecule has 1 N–H and O–H groups in total. The lowest BCUT2D eigenvalue weighted by Gasteiger charge is -2.14. The lowest BCUT2D eigenvalue weighted by molar-refractivity contribution is -0.127. The smallest absolute Gasteiger partial charge is 0.242 e. The van der Waals surface area contributed by atoms with Crippen LogP contribution in [0.4, 0.5) is 11.4 Å². The fourth-order valence-electron chi connectivity index (χ4n) is 3.25. The van der Waals surface area contributed by atoms with Crippen LogP contribution < -0.4 is 5.32 Å². The van der Waals surface area contributed by atoms with Crippen LogP contribution in [-0.2, 0) is 9.59 Å². The van der Waals surface area contributed by atoms with E-state index in [0.29, 0.717) is 11.7 Å². The number of hydrogen-bond acceptors (Lipinski definition) is 4. The molecular formula is C24H27N3O2S. The molecular weight excluding hydrogens is 394 g/mol. The zero-order valence-electron chi connectivity index (χ0n) is 17.9. The number of amidine groups is 1. The van der Waals surface area contributed by atoms with Gasteiger partial charge >= 0.3 is 0 Å². The second-order valence-corrected chi connectivity index (χ2v) is 8.75. The van der Waals surface area contributed by atoms with Crippen molar-refractivity contribution in [1.82, 2.24) is 4.90 Å². The first-order valence-corrected chi connectivity index (χ1v) is 10.8. The number of benzene rings is 2. The summed E-state index contributed by atoms with van der Waals surface area (Å²) in [5, 5.41) is 3.03. The Hall–Kier alpha value is -2.86. The van der Waals surface area contributed by atoms with Crippen LogP contribution in [0.3, 0.4) is 0 Å². The molecule has 1 aliphatic rings. The van der Waals surface area contributed by atoms with E-state index in [1.165, 1.54) is 17.3 Å². The average Bonchev–Trinajstić information content (AvgIpc) is 2.96. The molecule has 0 bridgehead atoms. The molecule has 1 fully saturated rings. The number of thioether (sulfide) groups is 1. The number of nitrogens with one attached hydrogen (secondary N) is 1. The number of hydrogen-bond donors (Lipinski definition) is 1. The molecule has 2 aromatic rings. The summed E-state index contributed by atoms with van der Waals surface area (Å²) in [4.78, 5) is 31.8. The van der Waals surface area contributed by atoms with E-state index in [0.717, 1.165) is 28.1 Å². The van der Waals surface area contributed by atoms with Gasteiger partial charge in [0.05, 0.1) is 5.69 Å². The van der Waals surface area contributed by atoms with Crippen LogP contribution in [0.1, 0.15) is 28.7 Å². The van der Waals surface area contributed by atoms with E-state index in [-0.39, 0.29) is 18.2 Å². The molecule has 0 aliphatic carbocycles. The number of amides is 2. The van der Waals surface area contributed by atoms with Gasteiger partial charge in [-0.1, -0.05) is 41.6 Å². The van der Waals surface area contributed by atoms with E-state index in [4.69, 9.17) is 0 Å². The molecule has 0 saturated carbocycles. The summed E-state index contributed by atoms with van der Waals surface area (Å²) < 4.78 is 0. The van der Waals surface area contributed by atoms with Crippen LogP contribution >= 0.6 is 11.8 Å². The average molecular weight is 422 g/mol. The normalized spacial score (nSPS) is 17.5. The monoisotopic (exact) mass is 421 g/mol. The number of carbonyl (C=O) groups excluding carboxylic acids is 2. The summed E-state index contributed by atoms with van der Waals surface area (Å²) in [5.74, 6) is -0.294. The van der Waals surface area contributed by atoms with Gasteiger partial charge in [-0.3, -0.25) is 14.5 Å². The van der Waals surface area contributed by atoms with Crippen LogP contribution in [0, 0.1) is 27.7 Å². The van der Waals surface area contributed by atoms with E-state index in [1.54, 1.807) is 11.0 Å². The minimum atomic E-state index is -0.499. The Bertz CT molecular complexity index is 1030. The Kier molecular flexibility index (Phi) is 6.77. The number of rotatable bonds is 6. The van der Waals surface area contributed by atoms with Gasteiger partial charge in [-0.2, -0.15) is 0 Å². The summed E-state index contributed by atoms with van der Waals surface area (Å²) in [6, 6.07) is 11.8. The fraction of sp³-hybridized carbons (Fsp3) is 0.292. The molecule has 156 valence electrons. The van der Waals surface area contributed by atoms with E-state index in [9.17, 15) is 9.59 Å². The SMILES string of the molecule is C=CCN1C(=O)[C@@H](CC(=O)Nc2ccc(C)cc2C)SC1=Nc1ccc(C)c(C)c1. The summed E-state index contributed by atoms with van der Waals surface area (Å²) in [7, 11) is 0. The van der Waals surface area contributed by atoms with Crippen molar-refractivity contribution in [2.75, 3.05) is 11.9 Å². The fourth-order valence-corrected chi connectivity index (χ4v) is 4.42. The highest BCUT2D eigenvalue weighted by Crippen LogP contribution is 2.32. The molecule has 1 heterocycles. The van der Waals surface area contributed by atoms with Crippen molar-refractivity contribution in [2.24, 2.45) is 4.99 Å². The van der Waals surface area contributed by atoms with E-state index < -0.39 is 5.25 Å². The molecule has 2 aromatic carbocycles. The number of aryl methyl sites for hydroxylation is 4. The van der Waals surface area contributed by atoms with Crippen LogP contribution in [0.15, 0.2) is 54.0 Å². The maximum atomic E-state index is 12.9. The number of carbonyl (C=O) groups is 2. The van der Waals surface area contributed by atoms with Gasteiger partial charge < -0.3 is 5.32 Å². The molecule has 0 spiro atoms. The molecule has 2 amide bonds. The van der Waals surface area contributed by atoms with Crippen molar-refractivity contribution in [1.29, 1.82) is 0 Å². The molecule has 5 nitrogen and oxygen atoms in total. The Morgan fingerprint density at radius 2 is 1.90 bits per heavy atom. The minimum Gasteiger partial charge on any atom is -0.326 e. The van der Waals surface area contributed by atoms with E-state index in [1.807, 2.05) is 57.2 Å². The first kappa shape index (κ1) is 21.8. The highest BCUT2D eigenvalue weighted by Gasteiger charge is 2.38. The lowest BCUT2D eigenvalue weighted by Crippen LogP contribution is -2.33. The predicted octanol–water partition coefficient (Wildman–Crippen LogP) is 5.07. The largest absolute Gasteiger partial charge is 0.326 e. The van der Waals surface area contributed by atoms with Crippen molar-refractivity contribution in [3.63, 3.8) is 0 Å².